The quantitative estimate of drug-likeness (QED) is 0.205. The normalized spacial score (nSPS) is 50.9. The highest BCUT2D eigenvalue weighted by atomic mass is 127. The van der Waals surface area contributed by atoms with Crippen molar-refractivity contribution >= 4 is 36.2 Å². The molecule has 19 atom stereocenters. The molecule has 54 heavy (non-hydrogen) atoms. The second-order valence-electron chi connectivity index (χ2n) is 17.5. The molecule has 0 amide bonds. The van der Waals surface area contributed by atoms with Gasteiger partial charge in [0.2, 0.25) is 0 Å². The number of fused-ring (bicyclic) bond motifs is 6. The smallest absolute Gasteiger partial charge is 0.172 e. The van der Waals surface area contributed by atoms with Gasteiger partial charge in [0.25, 0.3) is 0 Å². The van der Waals surface area contributed by atoms with Crippen LogP contribution in [-0.2, 0) is 51.6 Å². The van der Waals surface area contributed by atoms with Crippen molar-refractivity contribution in [2.75, 3.05) is 13.7 Å². The molecule has 0 aromatic carbocycles. The van der Waals surface area contributed by atoms with Crippen molar-refractivity contribution in [1.29, 1.82) is 0 Å². The molecule has 14 heteroatoms. The molecule has 0 aromatic rings. The van der Waals surface area contributed by atoms with Gasteiger partial charge in [-0.2, -0.15) is 0 Å². The first-order chi connectivity index (χ1) is 26.1. The summed E-state index contributed by atoms with van der Waals surface area (Å²) in [5.74, 6) is -0.633. The number of carbonyl (C=O) groups is 1. The molecular formula is C40H57IO12S. The van der Waals surface area contributed by atoms with E-state index in [1.54, 1.807) is 7.11 Å². The number of methoxy groups -OCH3 is 1. The average molecular weight is 889 g/mol. The van der Waals surface area contributed by atoms with Crippen molar-refractivity contribution in [3.8, 4) is 0 Å². The maximum absolute atomic E-state index is 14.1. The summed E-state index contributed by atoms with van der Waals surface area (Å²) in [6.07, 6.45) is 4.76. The topological polar surface area (TPSA) is 130 Å². The molecular weight excluding hydrogens is 831 g/mol. The number of halogens is 1. The Bertz CT molecular complexity index is 1420. The molecule has 12 nitrogen and oxygen atoms in total. The monoisotopic (exact) mass is 888 g/mol. The van der Waals surface area contributed by atoms with E-state index in [1.807, 2.05) is 21.2 Å². The van der Waals surface area contributed by atoms with Gasteiger partial charge in [0.15, 0.2) is 5.79 Å². The lowest BCUT2D eigenvalue weighted by atomic mass is 9.81. The summed E-state index contributed by atoms with van der Waals surface area (Å²) in [5.41, 5.74) is 2.20. The Morgan fingerprint density at radius 3 is 2.43 bits per heavy atom. The number of carbonyl (C=O) groups excluding carboxylic acids is 1. The van der Waals surface area contributed by atoms with Crippen molar-refractivity contribution in [2.45, 2.75) is 194 Å². The van der Waals surface area contributed by atoms with E-state index in [1.165, 1.54) is 9.21 Å². The highest BCUT2D eigenvalue weighted by Gasteiger charge is 2.68. The maximum Gasteiger partial charge on any atom is 0.172 e. The molecule has 0 saturated carbocycles. The van der Waals surface area contributed by atoms with Gasteiger partial charge in [-0.15, -0.1) is 0 Å². The lowest BCUT2D eigenvalue weighted by Gasteiger charge is -2.47. The SMILES string of the molecule is C=C1C[C@@H]2CC[C@@]34C[C@H]5O[C@H]6[C@@H](O3)[C@H]3O[C@H](CC[C@@H]3O[C@H]6[C@H]5O4)CC(=O)C[C@@H]3[C@@H](OC)[C@@H](C[C@H](O)COSI)O[C@H]3C[C@H]3O[C@@H](CC[C@@H]1O2)C[C@@H](C)C3=C. The molecule has 10 aliphatic rings. The zero-order valence-corrected chi connectivity index (χ0v) is 34.4. The first-order valence-corrected chi connectivity index (χ1v) is 23.7. The van der Waals surface area contributed by atoms with Gasteiger partial charge in [0, 0.05) is 72.8 Å². The molecule has 10 heterocycles. The summed E-state index contributed by atoms with van der Waals surface area (Å²) in [4.78, 5) is 14.1. The molecule has 12 bridgehead atoms. The van der Waals surface area contributed by atoms with Crippen LogP contribution in [0.3, 0.4) is 0 Å². The number of Topliss-reactive ketones (excluding diaryl/α,β-unsaturated/α-hetero) is 1. The number of ether oxygens (including phenoxy) is 9. The Kier molecular flexibility index (Phi) is 11.7. The zero-order chi connectivity index (χ0) is 37.3. The first kappa shape index (κ1) is 39.3. The zero-order valence-electron chi connectivity index (χ0n) is 31.4. The summed E-state index contributed by atoms with van der Waals surface area (Å²) in [6, 6.07) is 0. The summed E-state index contributed by atoms with van der Waals surface area (Å²) in [6.45, 7) is 11.3. The van der Waals surface area contributed by atoms with Crippen LogP contribution in [-0.4, -0.2) is 128 Å². The summed E-state index contributed by atoms with van der Waals surface area (Å²) < 4.78 is 65.7. The molecule has 1 spiro atoms. The standard InChI is InChI=1S/C40H57IO12S/c1-19-11-24-5-7-28-20(2)12-26(46-28)9-10-40-17-33-36(52-40)37-38(51-33)39(53-40)35-29(50-37)8-6-25(48-35)13-22(42)14-27-31(16-30(47-24)21(19)3)49-32(34(27)44-4)15-23(43)18-45-54-41/h19,23-39,43H,2-3,5-18H2,1,4H3/t19-,23+,24+,25-,26+,27+,28+,29+,30-,31+,32-,33-,34-,35+,36+,37+,38-,39+,40+/m1/s1. The third-order valence-electron chi connectivity index (χ3n) is 14.0. The van der Waals surface area contributed by atoms with Crippen molar-refractivity contribution in [3.05, 3.63) is 24.3 Å². The second-order valence-corrected chi connectivity index (χ2v) is 19.0. The summed E-state index contributed by atoms with van der Waals surface area (Å²) in [5, 5.41) is 10.8. The summed E-state index contributed by atoms with van der Waals surface area (Å²) >= 11 is 2.04. The summed E-state index contributed by atoms with van der Waals surface area (Å²) in [7, 11) is 2.86. The molecule has 10 aliphatic heterocycles. The fourth-order valence-corrected chi connectivity index (χ4v) is 12.0. The molecule has 302 valence electrons. The Hall–Kier alpha value is -0.210. The van der Waals surface area contributed by atoms with E-state index in [2.05, 4.69) is 20.1 Å². The van der Waals surface area contributed by atoms with Crippen LogP contribution < -0.4 is 0 Å². The Balaban J connectivity index is 0.984. The highest BCUT2D eigenvalue weighted by Crippen LogP contribution is 2.54. The van der Waals surface area contributed by atoms with E-state index >= 15 is 0 Å². The molecule has 10 fully saturated rings. The minimum absolute atomic E-state index is 0.0185. The van der Waals surface area contributed by atoms with Crippen LogP contribution in [0.15, 0.2) is 24.3 Å². The maximum atomic E-state index is 14.1. The van der Waals surface area contributed by atoms with Crippen LogP contribution in [0.4, 0.5) is 0 Å². The molecule has 0 aliphatic carbocycles. The van der Waals surface area contributed by atoms with Gasteiger partial charge < -0.3 is 51.9 Å². The Labute approximate surface area is 335 Å². The van der Waals surface area contributed by atoms with Crippen molar-refractivity contribution in [1.82, 2.24) is 0 Å². The fourth-order valence-electron chi connectivity index (χ4n) is 11.4. The van der Waals surface area contributed by atoms with Crippen LogP contribution in [0.1, 0.15) is 90.4 Å². The lowest BCUT2D eigenvalue weighted by Crippen LogP contribution is -2.61. The van der Waals surface area contributed by atoms with Gasteiger partial charge in [-0.1, -0.05) is 20.1 Å². The minimum atomic E-state index is -0.783. The second kappa shape index (κ2) is 16.1. The minimum Gasteiger partial charge on any atom is -0.391 e. The molecule has 1 N–H and O–H groups in total. The number of rotatable bonds is 6. The third kappa shape index (κ3) is 7.58. The fraction of sp³-hybridized carbons (Fsp3) is 0.875. The van der Waals surface area contributed by atoms with E-state index in [0.29, 0.717) is 25.7 Å². The van der Waals surface area contributed by atoms with Gasteiger partial charge in [-0.05, 0) is 62.0 Å². The van der Waals surface area contributed by atoms with Crippen molar-refractivity contribution in [2.24, 2.45) is 11.8 Å². The van der Waals surface area contributed by atoms with E-state index in [4.69, 9.17) is 46.8 Å². The van der Waals surface area contributed by atoms with Gasteiger partial charge >= 0.3 is 0 Å². The highest BCUT2D eigenvalue weighted by molar-refractivity contribution is 14.2. The van der Waals surface area contributed by atoms with Crippen molar-refractivity contribution in [3.63, 3.8) is 0 Å². The Morgan fingerprint density at radius 1 is 0.833 bits per heavy atom. The number of aliphatic hydroxyl groups excluding tert-OH is 1. The lowest BCUT2D eigenvalue weighted by molar-refractivity contribution is -0.292. The molecule has 0 radical (unpaired) electrons. The van der Waals surface area contributed by atoms with Gasteiger partial charge in [0.1, 0.15) is 36.3 Å². The average Bonchev–Trinajstić information content (AvgIpc) is 3.82. The van der Waals surface area contributed by atoms with Crippen LogP contribution >= 0.6 is 30.4 Å². The van der Waals surface area contributed by atoms with Crippen LogP contribution in [0.25, 0.3) is 0 Å². The van der Waals surface area contributed by atoms with E-state index in [9.17, 15) is 9.90 Å². The van der Waals surface area contributed by atoms with Gasteiger partial charge in [0.05, 0.1) is 83.0 Å². The first-order valence-electron chi connectivity index (χ1n) is 20.4. The predicted octanol–water partition coefficient (Wildman–Crippen LogP) is 5.49. The van der Waals surface area contributed by atoms with Gasteiger partial charge in [-0.3, -0.25) is 4.79 Å². The molecule has 0 unspecified atom stereocenters. The third-order valence-corrected chi connectivity index (χ3v) is 15.0. The van der Waals surface area contributed by atoms with Gasteiger partial charge in [-0.25, -0.2) is 0 Å². The van der Waals surface area contributed by atoms with Crippen LogP contribution in [0, 0.1) is 11.8 Å². The van der Waals surface area contributed by atoms with Crippen LogP contribution in [0.5, 0.6) is 0 Å². The largest absolute Gasteiger partial charge is 0.391 e. The number of hydrogen-bond donors (Lipinski definition) is 1. The van der Waals surface area contributed by atoms with Crippen molar-refractivity contribution < 1.29 is 56.7 Å². The predicted molar refractivity (Wildman–Crippen MR) is 205 cm³/mol. The van der Waals surface area contributed by atoms with E-state index < -0.39 is 18.0 Å². The molecule has 10 rings (SSSR count). The molecule has 0 aromatic heterocycles. The molecule has 10 saturated heterocycles. The number of hydrogen-bond acceptors (Lipinski definition) is 13. The number of ketones is 1. The van der Waals surface area contributed by atoms with E-state index in [-0.39, 0.29) is 123 Å². The number of aliphatic hydroxyl groups is 1. The van der Waals surface area contributed by atoms with E-state index in [0.717, 1.165) is 56.1 Å². The van der Waals surface area contributed by atoms with Crippen LogP contribution in [0.2, 0.25) is 0 Å². The Morgan fingerprint density at radius 2 is 1.59 bits per heavy atom.